The molecule has 0 aromatic carbocycles. The summed E-state index contributed by atoms with van der Waals surface area (Å²) in [6.07, 6.45) is 2.40. The molecule has 0 radical (unpaired) electrons. The van der Waals surface area contributed by atoms with E-state index in [4.69, 9.17) is 0 Å². The normalized spacial score (nSPS) is 23.7. The summed E-state index contributed by atoms with van der Waals surface area (Å²) in [5.74, 6) is 0.868. The van der Waals surface area contributed by atoms with Crippen LogP contribution in [0.3, 0.4) is 0 Å². The van der Waals surface area contributed by atoms with E-state index < -0.39 is 0 Å². The first-order valence-electron chi connectivity index (χ1n) is 6.74. The van der Waals surface area contributed by atoms with E-state index in [2.05, 4.69) is 36.3 Å². The van der Waals surface area contributed by atoms with Crippen LogP contribution in [-0.4, -0.2) is 49.6 Å². The molecule has 1 fully saturated rings. The zero-order chi connectivity index (χ0) is 12.8. The fourth-order valence-corrected chi connectivity index (χ4v) is 2.40. The number of hydrogen-bond acceptors (Lipinski definition) is 3. The van der Waals surface area contributed by atoms with Crippen molar-refractivity contribution in [2.24, 2.45) is 5.92 Å². The highest BCUT2D eigenvalue weighted by atomic mass is 16.2. The molecule has 0 saturated carbocycles. The first-order chi connectivity index (χ1) is 8.06. The number of hydrogen-bond donors (Lipinski definition) is 2. The van der Waals surface area contributed by atoms with Gasteiger partial charge in [0.15, 0.2) is 0 Å². The van der Waals surface area contributed by atoms with Gasteiger partial charge in [-0.05, 0) is 25.7 Å². The second-order valence-corrected chi connectivity index (χ2v) is 5.39. The maximum absolute atomic E-state index is 11.8. The summed E-state index contributed by atoms with van der Waals surface area (Å²) in [5, 5.41) is 6.06. The van der Waals surface area contributed by atoms with E-state index >= 15 is 0 Å². The van der Waals surface area contributed by atoms with Gasteiger partial charge in [-0.2, -0.15) is 0 Å². The number of carbonyl (C=O) groups excluding carboxylic acids is 1. The largest absolute Gasteiger partial charge is 0.358 e. The molecule has 0 spiro atoms. The zero-order valence-electron chi connectivity index (χ0n) is 11.6. The predicted octanol–water partition coefficient (Wildman–Crippen LogP) is 0.831. The molecule has 1 aliphatic rings. The molecule has 1 saturated heterocycles. The van der Waals surface area contributed by atoms with Gasteiger partial charge in [0.05, 0.1) is 0 Å². The standard InChI is InChI=1S/C13H27N3O/c1-10(2)5-6-11(3)16-8-7-15-9-12(16)13(17)14-4/h10-12,15H,5-9H2,1-4H3,(H,14,17). The van der Waals surface area contributed by atoms with Gasteiger partial charge in [0, 0.05) is 32.7 Å². The van der Waals surface area contributed by atoms with Crippen LogP contribution in [0, 0.1) is 5.92 Å². The molecule has 1 heterocycles. The maximum atomic E-state index is 11.8. The van der Waals surface area contributed by atoms with Gasteiger partial charge < -0.3 is 10.6 Å². The summed E-state index contributed by atoms with van der Waals surface area (Å²) in [6.45, 7) is 9.47. The number of likely N-dealkylation sites (N-methyl/N-ethyl adjacent to an activating group) is 1. The van der Waals surface area contributed by atoms with Crippen LogP contribution in [0.25, 0.3) is 0 Å². The van der Waals surface area contributed by atoms with Crippen molar-refractivity contribution < 1.29 is 4.79 Å². The second kappa shape index (κ2) is 6.97. The van der Waals surface area contributed by atoms with E-state index in [9.17, 15) is 4.79 Å². The van der Waals surface area contributed by atoms with Crippen LogP contribution in [0.1, 0.15) is 33.6 Å². The predicted molar refractivity (Wildman–Crippen MR) is 71.0 cm³/mol. The SMILES string of the molecule is CNC(=O)C1CNCCN1C(C)CCC(C)C. The van der Waals surface area contributed by atoms with Crippen molar-refractivity contribution >= 4 is 5.91 Å². The molecule has 4 heteroatoms. The fraction of sp³-hybridized carbons (Fsp3) is 0.923. The monoisotopic (exact) mass is 241 g/mol. The Labute approximate surface area is 105 Å². The average molecular weight is 241 g/mol. The molecule has 0 aromatic heterocycles. The van der Waals surface area contributed by atoms with Crippen molar-refractivity contribution in [2.75, 3.05) is 26.7 Å². The molecular formula is C13H27N3O. The molecule has 2 N–H and O–H groups in total. The number of amides is 1. The van der Waals surface area contributed by atoms with Crippen molar-refractivity contribution in [1.82, 2.24) is 15.5 Å². The highest BCUT2D eigenvalue weighted by Crippen LogP contribution is 2.15. The number of carbonyl (C=O) groups is 1. The third-order valence-corrected chi connectivity index (χ3v) is 3.56. The van der Waals surface area contributed by atoms with Gasteiger partial charge in [-0.3, -0.25) is 9.69 Å². The van der Waals surface area contributed by atoms with Gasteiger partial charge >= 0.3 is 0 Å². The van der Waals surface area contributed by atoms with Crippen molar-refractivity contribution in [3.05, 3.63) is 0 Å². The molecule has 2 atom stereocenters. The average Bonchev–Trinajstić information content (AvgIpc) is 2.34. The molecule has 4 nitrogen and oxygen atoms in total. The third-order valence-electron chi connectivity index (χ3n) is 3.56. The summed E-state index contributed by atoms with van der Waals surface area (Å²) in [7, 11) is 1.72. The van der Waals surface area contributed by atoms with E-state index in [0.29, 0.717) is 6.04 Å². The van der Waals surface area contributed by atoms with Crippen molar-refractivity contribution in [3.63, 3.8) is 0 Å². The van der Waals surface area contributed by atoms with Gasteiger partial charge in [-0.15, -0.1) is 0 Å². The Balaban J connectivity index is 2.54. The van der Waals surface area contributed by atoms with E-state index in [-0.39, 0.29) is 11.9 Å². The molecule has 1 amide bonds. The van der Waals surface area contributed by atoms with Gasteiger partial charge in [0.1, 0.15) is 6.04 Å². The zero-order valence-corrected chi connectivity index (χ0v) is 11.6. The lowest BCUT2D eigenvalue weighted by atomic mass is 10.0. The molecule has 0 aromatic rings. The van der Waals surface area contributed by atoms with Crippen LogP contribution in [0.5, 0.6) is 0 Å². The Hall–Kier alpha value is -0.610. The van der Waals surface area contributed by atoms with Crippen LogP contribution in [-0.2, 0) is 4.79 Å². The quantitative estimate of drug-likeness (QED) is 0.749. The topological polar surface area (TPSA) is 44.4 Å². The molecular weight excluding hydrogens is 214 g/mol. The molecule has 2 unspecified atom stereocenters. The van der Waals surface area contributed by atoms with Crippen molar-refractivity contribution in [3.8, 4) is 0 Å². The summed E-state index contributed by atoms with van der Waals surface area (Å²) < 4.78 is 0. The lowest BCUT2D eigenvalue weighted by molar-refractivity contribution is -0.127. The second-order valence-electron chi connectivity index (χ2n) is 5.39. The van der Waals surface area contributed by atoms with Gasteiger partial charge in [-0.25, -0.2) is 0 Å². The smallest absolute Gasteiger partial charge is 0.238 e. The van der Waals surface area contributed by atoms with E-state index in [1.54, 1.807) is 7.05 Å². The maximum Gasteiger partial charge on any atom is 0.238 e. The number of nitrogens with one attached hydrogen (secondary N) is 2. The summed E-state index contributed by atoms with van der Waals surface area (Å²) in [4.78, 5) is 14.2. The minimum absolute atomic E-state index is 0.00378. The summed E-state index contributed by atoms with van der Waals surface area (Å²) in [6, 6.07) is 0.484. The van der Waals surface area contributed by atoms with Crippen molar-refractivity contribution in [2.45, 2.75) is 45.7 Å². The Bertz CT molecular complexity index is 243. The van der Waals surface area contributed by atoms with Gasteiger partial charge in [0.2, 0.25) is 5.91 Å². The minimum atomic E-state index is -0.00378. The molecule has 100 valence electrons. The lowest BCUT2D eigenvalue weighted by Crippen LogP contribution is -2.59. The van der Waals surface area contributed by atoms with E-state index in [1.165, 1.54) is 12.8 Å². The van der Waals surface area contributed by atoms with E-state index in [1.807, 2.05) is 0 Å². The minimum Gasteiger partial charge on any atom is -0.358 e. The summed E-state index contributed by atoms with van der Waals surface area (Å²) >= 11 is 0. The number of piperazine rings is 1. The van der Waals surface area contributed by atoms with Crippen molar-refractivity contribution in [1.29, 1.82) is 0 Å². The van der Waals surface area contributed by atoms with Crippen LogP contribution in [0.2, 0.25) is 0 Å². The highest BCUT2D eigenvalue weighted by molar-refractivity contribution is 5.81. The number of nitrogens with zero attached hydrogens (tertiary/aromatic N) is 1. The Morgan fingerprint density at radius 3 is 2.71 bits per heavy atom. The molecule has 17 heavy (non-hydrogen) atoms. The molecule has 1 rings (SSSR count). The Kier molecular flexibility index (Phi) is 5.92. The highest BCUT2D eigenvalue weighted by Gasteiger charge is 2.30. The Morgan fingerprint density at radius 2 is 2.12 bits per heavy atom. The third kappa shape index (κ3) is 4.28. The molecule has 1 aliphatic heterocycles. The first-order valence-corrected chi connectivity index (χ1v) is 6.74. The summed E-state index contributed by atoms with van der Waals surface area (Å²) in [5.41, 5.74) is 0. The molecule has 0 bridgehead atoms. The van der Waals surface area contributed by atoms with Crippen LogP contribution < -0.4 is 10.6 Å². The van der Waals surface area contributed by atoms with Crippen LogP contribution in [0.4, 0.5) is 0 Å². The van der Waals surface area contributed by atoms with Gasteiger partial charge in [-0.1, -0.05) is 13.8 Å². The van der Waals surface area contributed by atoms with E-state index in [0.717, 1.165) is 25.6 Å². The first kappa shape index (κ1) is 14.5. The van der Waals surface area contributed by atoms with Crippen LogP contribution in [0.15, 0.2) is 0 Å². The van der Waals surface area contributed by atoms with Crippen LogP contribution >= 0.6 is 0 Å². The fourth-order valence-electron chi connectivity index (χ4n) is 2.40. The van der Waals surface area contributed by atoms with Gasteiger partial charge in [0.25, 0.3) is 0 Å². The molecule has 0 aliphatic carbocycles. The Morgan fingerprint density at radius 1 is 1.41 bits per heavy atom. The number of rotatable bonds is 5. The lowest BCUT2D eigenvalue weighted by Gasteiger charge is -2.39.